The Morgan fingerprint density at radius 1 is 1.06 bits per heavy atom. The molecule has 0 aliphatic heterocycles. The van der Waals surface area contributed by atoms with Crippen LogP contribution in [0.3, 0.4) is 0 Å². The molecule has 0 heterocycles. The minimum Gasteiger partial charge on any atom is -0.392 e. The molecule has 0 aromatic carbocycles. The summed E-state index contributed by atoms with van der Waals surface area (Å²) in [5.74, 6) is 0. The zero-order valence-electron chi connectivity index (χ0n) is 10.4. The normalized spacial score (nSPS) is 43.5. The van der Waals surface area contributed by atoms with Gasteiger partial charge in [-0.1, -0.05) is 33.1 Å². The molecule has 3 heteroatoms. The SMILES string of the molecule is CC1(C)C(O)CC1NC1CCCCCC1O. The molecule has 0 bridgehead atoms. The van der Waals surface area contributed by atoms with E-state index in [1.807, 2.05) is 0 Å². The Labute approximate surface area is 98.2 Å². The fraction of sp³-hybridized carbons (Fsp3) is 1.00. The van der Waals surface area contributed by atoms with Gasteiger partial charge in [0.05, 0.1) is 12.2 Å². The smallest absolute Gasteiger partial charge is 0.0693 e. The Morgan fingerprint density at radius 2 is 1.75 bits per heavy atom. The molecule has 0 saturated heterocycles. The van der Waals surface area contributed by atoms with Gasteiger partial charge in [0.15, 0.2) is 0 Å². The van der Waals surface area contributed by atoms with E-state index in [0.717, 1.165) is 25.7 Å². The van der Waals surface area contributed by atoms with Crippen molar-refractivity contribution < 1.29 is 10.2 Å². The van der Waals surface area contributed by atoms with E-state index in [1.165, 1.54) is 12.8 Å². The molecule has 4 unspecified atom stereocenters. The highest BCUT2D eigenvalue weighted by molar-refractivity contribution is 5.03. The first-order valence-electron chi connectivity index (χ1n) is 6.64. The van der Waals surface area contributed by atoms with Gasteiger partial charge in [0.1, 0.15) is 0 Å². The summed E-state index contributed by atoms with van der Waals surface area (Å²) >= 11 is 0. The molecule has 3 nitrogen and oxygen atoms in total. The van der Waals surface area contributed by atoms with Crippen LogP contribution >= 0.6 is 0 Å². The molecule has 4 atom stereocenters. The van der Waals surface area contributed by atoms with Gasteiger partial charge in [-0.3, -0.25) is 0 Å². The standard InChI is InChI=1S/C13H25NO2/c1-13(2)11(8-12(13)16)14-9-6-4-3-5-7-10(9)15/h9-12,14-16H,3-8H2,1-2H3. The van der Waals surface area contributed by atoms with E-state index < -0.39 is 0 Å². The third-order valence-corrected chi connectivity index (χ3v) is 4.61. The molecule has 0 amide bonds. The average Bonchev–Trinajstić information content (AvgIpc) is 2.44. The largest absolute Gasteiger partial charge is 0.392 e. The maximum Gasteiger partial charge on any atom is 0.0693 e. The van der Waals surface area contributed by atoms with Crippen LogP contribution in [0.5, 0.6) is 0 Å². The van der Waals surface area contributed by atoms with Crippen molar-refractivity contribution in [3.8, 4) is 0 Å². The number of aliphatic hydroxyl groups is 2. The van der Waals surface area contributed by atoms with E-state index in [9.17, 15) is 10.2 Å². The fourth-order valence-corrected chi connectivity index (χ4v) is 2.93. The number of nitrogens with one attached hydrogen (secondary N) is 1. The van der Waals surface area contributed by atoms with Crippen LogP contribution in [-0.2, 0) is 0 Å². The summed E-state index contributed by atoms with van der Waals surface area (Å²) in [5, 5.41) is 23.3. The Kier molecular flexibility index (Phi) is 3.57. The number of aliphatic hydroxyl groups excluding tert-OH is 2. The van der Waals surface area contributed by atoms with E-state index in [2.05, 4.69) is 19.2 Å². The highest BCUT2D eigenvalue weighted by Gasteiger charge is 2.48. The summed E-state index contributed by atoms with van der Waals surface area (Å²) < 4.78 is 0. The van der Waals surface area contributed by atoms with Crippen LogP contribution in [0.2, 0.25) is 0 Å². The van der Waals surface area contributed by atoms with Gasteiger partial charge >= 0.3 is 0 Å². The Bertz CT molecular complexity index is 242. The Morgan fingerprint density at radius 3 is 2.38 bits per heavy atom. The molecule has 3 N–H and O–H groups in total. The predicted molar refractivity (Wildman–Crippen MR) is 64.2 cm³/mol. The van der Waals surface area contributed by atoms with Crippen LogP contribution in [0.4, 0.5) is 0 Å². The van der Waals surface area contributed by atoms with Gasteiger partial charge in [-0.2, -0.15) is 0 Å². The molecule has 2 fully saturated rings. The molecule has 94 valence electrons. The second-order valence-corrected chi connectivity index (χ2v) is 6.10. The zero-order valence-corrected chi connectivity index (χ0v) is 10.4. The summed E-state index contributed by atoms with van der Waals surface area (Å²) in [6.45, 7) is 4.20. The third kappa shape index (κ3) is 2.27. The molecule has 2 aliphatic rings. The first-order chi connectivity index (χ1) is 7.51. The molecule has 16 heavy (non-hydrogen) atoms. The third-order valence-electron chi connectivity index (χ3n) is 4.61. The van der Waals surface area contributed by atoms with Crippen molar-refractivity contribution >= 4 is 0 Å². The van der Waals surface area contributed by atoms with E-state index in [4.69, 9.17) is 0 Å². The lowest BCUT2D eigenvalue weighted by atomic mass is 9.64. The lowest BCUT2D eigenvalue weighted by molar-refractivity contribution is -0.0811. The molecule has 0 radical (unpaired) electrons. The Hall–Kier alpha value is -0.120. The second kappa shape index (κ2) is 4.63. The average molecular weight is 227 g/mol. The zero-order chi connectivity index (χ0) is 11.8. The van der Waals surface area contributed by atoms with Gasteiger partial charge in [-0.05, 0) is 19.3 Å². The monoisotopic (exact) mass is 227 g/mol. The number of rotatable bonds is 2. The van der Waals surface area contributed by atoms with Crippen molar-refractivity contribution in [1.29, 1.82) is 0 Å². The first kappa shape index (κ1) is 12.3. The molecule has 2 aliphatic carbocycles. The van der Waals surface area contributed by atoms with E-state index in [0.29, 0.717) is 6.04 Å². The quantitative estimate of drug-likeness (QED) is 0.626. The second-order valence-electron chi connectivity index (χ2n) is 6.10. The fourth-order valence-electron chi connectivity index (χ4n) is 2.93. The van der Waals surface area contributed by atoms with Crippen molar-refractivity contribution in [2.24, 2.45) is 5.41 Å². The number of hydrogen-bond donors (Lipinski definition) is 3. The topological polar surface area (TPSA) is 52.5 Å². The maximum atomic E-state index is 10.0. The molecule has 0 spiro atoms. The molecule has 0 aromatic rings. The van der Waals surface area contributed by atoms with Crippen LogP contribution in [0, 0.1) is 5.41 Å². The highest BCUT2D eigenvalue weighted by Crippen LogP contribution is 2.41. The van der Waals surface area contributed by atoms with Crippen LogP contribution in [0.15, 0.2) is 0 Å². The van der Waals surface area contributed by atoms with E-state index in [1.54, 1.807) is 0 Å². The van der Waals surface area contributed by atoms with Crippen molar-refractivity contribution in [2.75, 3.05) is 0 Å². The first-order valence-corrected chi connectivity index (χ1v) is 6.64. The predicted octanol–water partition coefficient (Wildman–Crippen LogP) is 1.43. The van der Waals surface area contributed by atoms with Crippen LogP contribution in [0.1, 0.15) is 52.4 Å². The van der Waals surface area contributed by atoms with Gasteiger partial charge in [0.25, 0.3) is 0 Å². The van der Waals surface area contributed by atoms with Crippen molar-refractivity contribution in [1.82, 2.24) is 5.32 Å². The van der Waals surface area contributed by atoms with Crippen LogP contribution in [0.25, 0.3) is 0 Å². The van der Waals surface area contributed by atoms with Crippen molar-refractivity contribution in [3.05, 3.63) is 0 Å². The van der Waals surface area contributed by atoms with Gasteiger partial charge < -0.3 is 15.5 Å². The Balaban J connectivity index is 1.89. The van der Waals surface area contributed by atoms with Gasteiger partial charge in [0, 0.05) is 17.5 Å². The van der Waals surface area contributed by atoms with E-state index >= 15 is 0 Å². The lowest BCUT2D eigenvalue weighted by Gasteiger charge is -2.51. The highest BCUT2D eigenvalue weighted by atomic mass is 16.3. The summed E-state index contributed by atoms with van der Waals surface area (Å²) in [6, 6.07) is 0.597. The summed E-state index contributed by atoms with van der Waals surface area (Å²) in [4.78, 5) is 0. The minimum atomic E-state index is -0.198. The maximum absolute atomic E-state index is 10.0. The molecular formula is C13H25NO2. The van der Waals surface area contributed by atoms with Crippen LogP contribution < -0.4 is 5.32 Å². The van der Waals surface area contributed by atoms with Gasteiger partial charge in [-0.15, -0.1) is 0 Å². The lowest BCUT2D eigenvalue weighted by Crippen LogP contribution is -2.63. The van der Waals surface area contributed by atoms with Crippen molar-refractivity contribution in [2.45, 2.75) is 76.7 Å². The van der Waals surface area contributed by atoms with Crippen molar-refractivity contribution in [3.63, 3.8) is 0 Å². The molecular weight excluding hydrogens is 202 g/mol. The van der Waals surface area contributed by atoms with E-state index in [-0.39, 0.29) is 23.7 Å². The van der Waals surface area contributed by atoms with Gasteiger partial charge in [-0.25, -0.2) is 0 Å². The number of hydrogen-bond acceptors (Lipinski definition) is 3. The summed E-state index contributed by atoms with van der Waals surface area (Å²) in [5.41, 5.74) is -0.0357. The van der Waals surface area contributed by atoms with Crippen LogP contribution in [-0.4, -0.2) is 34.5 Å². The molecule has 0 aromatic heterocycles. The minimum absolute atomic E-state index is 0.0357. The van der Waals surface area contributed by atoms with Gasteiger partial charge in [0.2, 0.25) is 0 Å². The molecule has 2 saturated carbocycles. The summed E-state index contributed by atoms with van der Waals surface area (Å²) in [6.07, 6.45) is 6.05. The molecule has 2 rings (SSSR count). The summed E-state index contributed by atoms with van der Waals surface area (Å²) in [7, 11) is 0.